The Kier molecular flexibility index (Phi) is 10.3. The van der Waals surface area contributed by atoms with Gasteiger partial charge in [-0.3, -0.25) is 0 Å². The molecule has 75 heavy (non-hydrogen) atoms. The van der Waals surface area contributed by atoms with Crippen molar-refractivity contribution in [3.8, 4) is 11.1 Å². The van der Waals surface area contributed by atoms with Crippen molar-refractivity contribution >= 4 is 90.5 Å². The van der Waals surface area contributed by atoms with E-state index in [0.29, 0.717) is 0 Å². The third kappa shape index (κ3) is 7.08. The molecule has 0 N–H and O–H groups in total. The average molecular weight is 982 g/mol. The molecule has 5 heteroatoms. The minimum Gasteiger partial charge on any atom is -0.456 e. The molecule has 376 valence electrons. The van der Waals surface area contributed by atoms with Gasteiger partial charge < -0.3 is 19.1 Å². The summed E-state index contributed by atoms with van der Waals surface area (Å²) in [6, 6.07) is 58.8. The highest BCUT2D eigenvalue weighted by Crippen LogP contribution is 2.63. The molecule has 13 rings (SSSR count). The van der Waals surface area contributed by atoms with Crippen molar-refractivity contribution in [2.24, 2.45) is 0 Å². The van der Waals surface area contributed by atoms with Crippen molar-refractivity contribution in [1.29, 1.82) is 0 Å². The number of aryl methyl sites for hydroxylation is 2. The third-order valence-electron chi connectivity index (χ3n) is 18.4. The van der Waals surface area contributed by atoms with Crippen molar-refractivity contribution in [2.45, 2.75) is 143 Å². The molecule has 1 aliphatic carbocycles. The van der Waals surface area contributed by atoms with Crippen LogP contribution in [0.1, 0.15) is 135 Å². The van der Waals surface area contributed by atoms with Crippen LogP contribution in [0, 0.1) is 13.8 Å². The largest absolute Gasteiger partial charge is 0.456 e. The molecule has 3 aliphatic heterocycles. The van der Waals surface area contributed by atoms with E-state index in [2.05, 4.69) is 256 Å². The second-order valence-electron chi connectivity index (χ2n) is 26.3. The van der Waals surface area contributed by atoms with E-state index in [1.54, 1.807) is 0 Å². The smallest absolute Gasteiger partial charge is 0.252 e. The molecule has 4 nitrogen and oxygen atoms in total. The molecular weight excluding hydrogens is 910 g/mol. The maximum atomic E-state index is 6.77. The molecule has 2 atom stereocenters. The highest BCUT2D eigenvalue weighted by Gasteiger charge is 2.59. The fraction of sp³-hybridized carbons (Fsp3) is 0.314. The quantitative estimate of drug-likeness (QED) is 0.164. The first kappa shape index (κ1) is 47.7. The monoisotopic (exact) mass is 982 g/mol. The van der Waals surface area contributed by atoms with E-state index < -0.39 is 0 Å². The standard InChI is InChI=1S/C70H72BN3O/c1-43-35-44(2)64-59(36-43)74(70(13)34-20-19-33-69(64,70)12)50-40-60-65-61(41-50)73(56-32-27-46(66(3,4)5)37-53(56)45-21-15-14-16-22-45)58-39-48(68(9,10)11)26-31-55(58)71(65)54-30-25-47(67(6,7)8)38-57(54)72(60)49-28-29-52-51-23-17-18-24-62(51)75-63(52)42-49/h14-18,21-32,35-42H,19-20,33-34H2,1-13H3. The summed E-state index contributed by atoms with van der Waals surface area (Å²) in [5.41, 5.74) is 25.8. The Morgan fingerprint density at radius 3 is 1.75 bits per heavy atom. The van der Waals surface area contributed by atoms with Crippen LogP contribution in [0.3, 0.4) is 0 Å². The summed E-state index contributed by atoms with van der Waals surface area (Å²) in [4.78, 5) is 8.13. The van der Waals surface area contributed by atoms with Crippen molar-refractivity contribution in [2.75, 3.05) is 14.7 Å². The zero-order chi connectivity index (χ0) is 52.3. The van der Waals surface area contributed by atoms with E-state index in [1.165, 1.54) is 120 Å². The van der Waals surface area contributed by atoms with Gasteiger partial charge >= 0.3 is 0 Å². The number of fused-ring (bicyclic) bond motifs is 10. The van der Waals surface area contributed by atoms with E-state index in [-0.39, 0.29) is 33.9 Å². The summed E-state index contributed by atoms with van der Waals surface area (Å²) in [6.45, 7) is 30.9. The van der Waals surface area contributed by atoms with Gasteiger partial charge in [0.2, 0.25) is 0 Å². The molecular formula is C70H72BN3O. The van der Waals surface area contributed by atoms with Crippen LogP contribution in [0.2, 0.25) is 0 Å². The van der Waals surface area contributed by atoms with E-state index in [1.807, 2.05) is 0 Å². The first-order valence-electron chi connectivity index (χ1n) is 27.7. The SMILES string of the molecule is Cc1cc(C)c2c(c1)N(c1cc3c4c(c1)N(c1ccc(C(C)(C)C)cc1-c1ccccc1)c1cc(C(C)(C)C)ccc1B4c1ccc(C(C)(C)C)cc1N3c1ccc3c(c1)oc1ccccc13)C1(C)CCCCC21C. The van der Waals surface area contributed by atoms with Crippen LogP contribution < -0.4 is 31.1 Å². The van der Waals surface area contributed by atoms with E-state index in [4.69, 9.17) is 4.42 Å². The first-order valence-corrected chi connectivity index (χ1v) is 27.7. The number of para-hydroxylation sites is 1. The van der Waals surface area contributed by atoms with E-state index in [0.717, 1.165) is 34.0 Å². The second kappa shape index (κ2) is 16.3. The number of benzene rings is 8. The van der Waals surface area contributed by atoms with Crippen LogP contribution in [0.4, 0.5) is 45.5 Å². The molecule has 0 bridgehead atoms. The van der Waals surface area contributed by atoms with Gasteiger partial charge in [-0.15, -0.1) is 0 Å². The second-order valence-corrected chi connectivity index (χ2v) is 26.3. The number of hydrogen-bond acceptors (Lipinski definition) is 4. The fourth-order valence-corrected chi connectivity index (χ4v) is 14.3. The zero-order valence-corrected chi connectivity index (χ0v) is 46.6. The number of rotatable bonds is 4. The summed E-state index contributed by atoms with van der Waals surface area (Å²) in [6.07, 6.45) is 4.72. The average Bonchev–Trinajstić information content (AvgIpc) is 3.89. The van der Waals surface area contributed by atoms with Crippen LogP contribution in [0.25, 0.3) is 33.1 Å². The summed E-state index contributed by atoms with van der Waals surface area (Å²) < 4.78 is 6.77. The molecule has 9 aromatic rings. The van der Waals surface area contributed by atoms with Crippen LogP contribution in [-0.2, 0) is 21.7 Å². The Bertz CT molecular complexity index is 3820. The van der Waals surface area contributed by atoms with E-state index >= 15 is 0 Å². The first-order chi connectivity index (χ1) is 35.6. The summed E-state index contributed by atoms with van der Waals surface area (Å²) in [5.74, 6) is 0. The fourth-order valence-electron chi connectivity index (χ4n) is 14.3. The molecule has 0 saturated heterocycles. The molecule has 0 radical (unpaired) electrons. The topological polar surface area (TPSA) is 22.9 Å². The van der Waals surface area contributed by atoms with Gasteiger partial charge in [-0.25, -0.2) is 0 Å². The molecule has 1 fully saturated rings. The number of anilines is 8. The Hall–Kier alpha value is -6.98. The van der Waals surface area contributed by atoms with Gasteiger partial charge in [-0.05, 0) is 166 Å². The third-order valence-corrected chi connectivity index (χ3v) is 18.4. The minimum atomic E-state index is -0.170. The highest BCUT2D eigenvalue weighted by atomic mass is 16.3. The summed E-state index contributed by atoms with van der Waals surface area (Å²) in [5, 5.41) is 2.28. The van der Waals surface area contributed by atoms with Gasteiger partial charge in [0, 0.05) is 67.6 Å². The predicted molar refractivity (Wildman–Crippen MR) is 322 cm³/mol. The normalized spacial score (nSPS) is 19.1. The van der Waals surface area contributed by atoms with Crippen LogP contribution >= 0.6 is 0 Å². The van der Waals surface area contributed by atoms with Gasteiger partial charge in [0.25, 0.3) is 6.71 Å². The maximum Gasteiger partial charge on any atom is 0.252 e. The maximum absolute atomic E-state index is 6.77. The molecule has 8 aromatic carbocycles. The highest BCUT2D eigenvalue weighted by molar-refractivity contribution is 7.00. The van der Waals surface area contributed by atoms with Crippen LogP contribution in [-0.4, -0.2) is 12.3 Å². The zero-order valence-electron chi connectivity index (χ0n) is 46.6. The Morgan fingerprint density at radius 1 is 0.480 bits per heavy atom. The minimum absolute atomic E-state index is 0.0363. The number of hydrogen-bond donors (Lipinski definition) is 0. The lowest BCUT2D eigenvalue weighted by molar-refractivity contribution is 0.194. The van der Waals surface area contributed by atoms with Crippen molar-refractivity contribution in [3.63, 3.8) is 0 Å². The van der Waals surface area contributed by atoms with Crippen molar-refractivity contribution in [1.82, 2.24) is 0 Å². The molecule has 0 amide bonds. The van der Waals surface area contributed by atoms with Gasteiger partial charge in [-0.2, -0.15) is 0 Å². The lowest BCUT2D eigenvalue weighted by atomic mass is 9.33. The molecule has 4 heterocycles. The van der Waals surface area contributed by atoms with Gasteiger partial charge in [0.05, 0.1) is 11.2 Å². The van der Waals surface area contributed by atoms with Gasteiger partial charge in [0.1, 0.15) is 11.2 Å². The Labute approximate surface area is 446 Å². The van der Waals surface area contributed by atoms with E-state index in [9.17, 15) is 0 Å². The molecule has 1 aromatic heterocycles. The molecule has 2 unspecified atom stereocenters. The summed E-state index contributed by atoms with van der Waals surface area (Å²) in [7, 11) is 0. The summed E-state index contributed by atoms with van der Waals surface area (Å²) >= 11 is 0. The van der Waals surface area contributed by atoms with Crippen LogP contribution in [0.15, 0.2) is 156 Å². The molecule has 4 aliphatic rings. The Morgan fingerprint density at radius 2 is 1.07 bits per heavy atom. The lowest BCUT2D eigenvalue weighted by Crippen LogP contribution is -2.61. The van der Waals surface area contributed by atoms with Gasteiger partial charge in [0.15, 0.2) is 0 Å². The predicted octanol–water partition coefficient (Wildman–Crippen LogP) is 17.6. The van der Waals surface area contributed by atoms with Crippen molar-refractivity contribution in [3.05, 3.63) is 185 Å². The molecule has 0 spiro atoms. The van der Waals surface area contributed by atoms with Crippen molar-refractivity contribution < 1.29 is 4.42 Å². The molecule has 1 saturated carbocycles. The Balaban J connectivity index is 1.19. The number of nitrogens with zero attached hydrogens (tertiary/aromatic N) is 3. The lowest BCUT2D eigenvalue weighted by Gasteiger charge is -2.51. The van der Waals surface area contributed by atoms with Gasteiger partial charge in [-0.1, -0.05) is 167 Å². The number of furan rings is 1. The van der Waals surface area contributed by atoms with Crippen LogP contribution in [0.5, 0.6) is 0 Å².